The van der Waals surface area contributed by atoms with Crippen LogP contribution in [0.4, 0.5) is 8.78 Å². The molecule has 0 radical (unpaired) electrons. The summed E-state index contributed by atoms with van der Waals surface area (Å²) in [6, 6.07) is 1.24. The van der Waals surface area contributed by atoms with Gasteiger partial charge in [0.05, 0.1) is 17.6 Å². The van der Waals surface area contributed by atoms with E-state index in [4.69, 9.17) is 10.5 Å². The van der Waals surface area contributed by atoms with Crippen LogP contribution < -0.4 is 10.5 Å². The van der Waals surface area contributed by atoms with E-state index in [1.54, 1.807) is 0 Å². The first kappa shape index (κ1) is 12.2. The summed E-state index contributed by atoms with van der Waals surface area (Å²) in [5.74, 6) is -0.0295. The van der Waals surface area contributed by atoms with E-state index in [1.165, 1.54) is 19.2 Å². The molecule has 0 aliphatic carbocycles. The Kier molecular flexibility index (Phi) is 3.87. The summed E-state index contributed by atoms with van der Waals surface area (Å²) < 4.78 is 29.8. The molecule has 0 saturated carbocycles. The Morgan fingerprint density at radius 2 is 2.07 bits per heavy atom. The smallest absolute Gasteiger partial charge is 0.257 e. The summed E-state index contributed by atoms with van der Waals surface area (Å²) in [5.41, 5.74) is 5.47. The van der Waals surface area contributed by atoms with Crippen molar-refractivity contribution in [1.29, 1.82) is 0 Å². The molecule has 0 aromatic heterocycles. The van der Waals surface area contributed by atoms with Gasteiger partial charge < -0.3 is 15.6 Å². The number of alkyl halides is 2. The molecule has 0 spiro atoms. The first-order valence-corrected chi connectivity index (χ1v) is 4.86. The number of hydrogen-bond acceptors (Lipinski definition) is 3. The lowest BCUT2D eigenvalue weighted by Crippen LogP contribution is -2.18. The summed E-state index contributed by atoms with van der Waals surface area (Å²) >= 11 is 3.02. The highest BCUT2D eigenvalue weighted by Crippen LogP contribution is 2.37. The predicted molar refractivity (Wildman–Crippen MR) is 55.3 cm³/mol. The maximum absolute atomic E-state index is 12.3. The summed E-state index contributed by atoms with van der Waals surface area (Å²) in [5, 5.41) is 9.44. The summed E-state index contributed by atoms with van der Waals surface area (Å²) in [6.07, 6.45) is -2.66. The maximum Gasteiger partial charge on any atom is 0.257 e. The van der Waals surface area contributed by atoms with E-state index in [2.05, 4.69) is 15.9 Å². The number of hydrogen-bond donors (Lipinski definition) is 2. The minimum Gasteiger partial charge on any atom is -0.503 e. The SMILES string of the molecule is COc1cc([C@@H](N)C(F)F)cc(Br)c1O. The van der Waals surface area contributed by atoms with Gasteiger partial charge in [0, 0.05) is 0 Å². The molecular weight excluding hydrogens is 272 g/mol. The Labute approximate surface area is 94.0 Å². The van der Waals surface area contributed by atoms with E-state index in [1.807, 2.05) is 0 Å². The molecule has 1 aromatic rings. The number of nitrogens with two attached hydrogens (primary N) is 1. The molecular formula is C9H10BrF2NO2. The summed E-state index contributed by atoms with van der Waals surface area (Å²) in [4.78, 5) is 0. The van der Waals surface area contributed by atoms with Crippen LogP contribution in [0.5, 0.6) is 11.5 Å². The fourth-order valence-corrected chi connectivity index (χ4v) is 1.55. The number of halogens is 3. The molecule has 0 saturated heterocycles. The van der Waals surface area contributed by atoms with Crippen molar-refractivity contribution in [3.05, 3.63) is 22.2 Å². The number of phenolic OH excluding ortho intramolecular Hbond substituents is 1. The third-order valence-electron chi connectivity index (χ3n) is 1.93. The zero-order valence-electron chi connectivity index (χ0n) is 7.88. The van der Waals surface area contributed by atoms with Crippen molar-refractivity contribution in [3.63, 3.8) is 0 Å². The minimum atomic E-state index is -2.66. The second-order valence-corrected chi connectivity index (χ2v) is 3.77. The quantitative estimate of drug-likeness (QED) is 0.895. The van der Waals surface area contributed by atoms with Crippen molar-refractivity contribution in [3.8, 4) is 11.5 Å². The van der Waals surface area contributed by atoms with Gasteiger partial charge in [0.2, 0.25) is 0 Å². The molecule has 1 atom stereocenters. The first-order valence-electron chi connectivity index (χ1n) is 4.07. The molecule has 3 nitrogen and oxygen atoms in total. The number of rotatable bonds is 3. The van der Waals surface area contributed by atoms with Crippen LogP contribution in [0.1, 0.15) is 11.6 Å². The molecule has 1 aromatic carbocycles. The molecule has 0 fully saturated rings. The Bertz CT molecular complexity index is 360. The molecule has 1 rings (SSSR count). The number of aromatic hydroxyl groups is 1. The van der Waals surface area contributed by atoms with Crippen molar-refractivity contribution in [1.82, 2.24) is 0 Å². The van der Waals surface area contributed by atoms with Crippen LogP contribution >= 0.6 is 15.9 Å². The highest BCUT2D eigenvalue weighted by Gasteiger charge is 2.20. The largest absolute Gasteiger partial charge is 0.503 e. The highest BCUT2D eigenvalue weighted by molar-refractivity contribution is 9.10. The fraction of sp³-hybridized carbons (Fsp3) is 0.333. The van der Waals surface area contributed by atoms with Crippen LogP contribution in [0.3, 0.4) is 0 Å². The summed E-state index contributed by atoms with van der Waals surface area (Å²) in [6.45, 7) is 0. The molecule has 6 heteroatoms. The lowest BCUT2D eigenvalue weighted by atomic mass is 10.1. The molecule has 0 aliphatic rings. The number of ether oxygens (including phenoxy) is 1. The van der Waals surface area contributed by atoms with E-state index in [9.17, 15) is 13.9 Å². The second-order valence-electron chi connectivity index (χ2n) is 2.91. The maximum atomic E-state index is 12.3. The second kappa shape index (κ2) is 4.76. The molecule has 3 N–H and O–H groups in total. The van der Waals surface area contributed by atoms with Gasteiger partial charge in [0.15, 0.2) is 11.5 Å². The van der Waals surface area contributed by atoms with Crippen LogP contribution in [-0.4, -0.2) is 18.6 Å². The first-order chi connectivity index (χ1) is 6.97. The number of benzene rings is 1. The van der Waals surface area contributed by atoms with Gasteiger partial charge in [-0.15, -0.1) is 0 Å². The Hall–Kier alpha value is -0.880. The fourth-order valence-electron chi connectivity index (χ4n) is 1.09. The Balaban J connectivity index is 3.16. The average Bonchev–Trinajstić information content (AvgIpc) is 2.20. The summed E-state index contributed by atoms with van der Waals surface area (Å²) in [7, 11) is 1.33. The van der Waals surface area contributed by atoms with Gasteiger partial charge in [-0.1, -0.05) is 0 Å². The molecule has 0 amide bonds. The number of phenols is 1. The third-order valence-corrected chi connectivity index (χ3v) is 2.53. The van der Waals surface area contributed by atoms with E-state index in [0.29, 0.717) is 0 Å². The van der Waals surface area contributed by atoms with Crippen LogP contribution in [0.25, 0.3) is 0 Å². The van der Waals surface area contributed by atoms with Crippen molar-refractivity contribution < 1.29 is 18.6 Å². The van der Waals surface area contributed by atoms with Gasteiger partial charge in [-0.25, -0.2) is 8.78 Å². The molecule has 0 unspecified atom stereocenters. The zero-order chi connectivity index (χ0) is 11.6. The Morgan fingerprint density at radius 3 is 2.53 bits per heavy atom. The minimum absolute atomic E-state index is 0.107. The predicted octanol–water partition coefficient (Wildman–Crippen LogP) is 2.43. The van der Waals surface area contributed by atoms with Gasteiger partial charge in [-0.2, -0.15) is 0 Å². The number of methoxy groups -OCH3 is 1. The van der Waals surface area contributed by atoms with Gasteiger partial charge >= 0.3 is 0 Å². The molecule has 0 aliphatic heterocycles. The van der Waals surface area contributed by atoms with Gasteiger partial charge in [-0.05, 0) is 33.6 Å². The van der Waals surface area contributed by atoms with E-state index in [-0.39, 0.29) is 21.5 Å². The van der Waals surface area contributed by atoms with Crippen LogP contribution in [-0.2, 0) is 0 Å². The van der Waals surface area contributed by atoms with Gasteiger partial charge in [0.1, 0.15) is 0 Å². The monoisotopic (exact) mass is 281 g/mol. The van der Waals surface area contributed by atoms with E-state index < -0.39 is 12.5 Å². The average molecular weight is 282 g/mol. The normalized spacial score (nSPS) is 12.9. The Morgan fingerprint density at radius 1 is 1.47 bits per heavy atom. The van der Waals surface area contributed by atoms with Crippen molar-refractivity contribution in [2.24, 2.45) is 5.73 Å². The topological polar surface area (TPSA) is 55.5 Å². The van der Waals surface area contributed by atoms with Crippen LogP contribution in [0.2, 0.25) is 0 Å². The standard InChI is InChI=1S/C9H10BrF2NO2/c1-15-6-3-4(7(13)9(11)12)2-5(10)8(6)14/h2-3,7,9,14H,13H2,1H3/t7-/m1/s1. The van der Waals surface area contributed by atoms with Crippen molar-refractivity contribution in [2.75, 3.05) is 7.11 Å². The van der Waals surface area contributed by atoms with Crippen LogP contribution in [0.15, 0.2) is 16.6 Å². The van der Waals surface area contributed by atoms with Gasteiger partial charge in [-0.3, -0.25) is 0 Å². The lowest BCUT2D eigenvalue weighted by molar-refractivity contribution is 0.116. The lowest BCUT2D eigenvalue weighted by Gasteiger charge is -2.13. The van der Waals surface area contributed by atoms with Gasteiger partial charge in [0.25, 0.3) is 6.43 Å². The molecule has 0 heterocycles. The highest BCUT2D eigenvalue weighted by atomic mass is 79.9. The van der Waals surface area contributed by atoms with E-state index >= 15 is 0 Å². The van der Waals surface area contributed by atoms with Crippen molar-refractivity contribution >= 4 is 15.9 Å². The molecule has 84 valence electrons. The van der Waals surface area contributed by atoms with Crippen molar-refractivity contribution in [2.45, 2.75) is 12.5 Å². The van der Waals surface area contributed by atoms with E-state index in [0.717, 1.165) is 0 Å². The molecule has 0 bridgehead atoms. The zero-order valence-corrected chi connectivity index (χ0v) is 9.46. The third kappa shape index (κ3) is 2.57. The molecule has 15 heavy (non-hydrogen) atoms. The van der Waals surface area contributed by atoms with Crippen LogP contribution in [0, 0.1) is 0 Å².